The molecule has 0 amide bonds. The van der Waals surface area contributed by atoms with Crippen LogP contribution in [-0.4, -0.2) is 5.78 Å². The summed E-state index contributed by atoms with van der Waals surface area (Å²) in [5, 5.41) is 0.650. The molecule has 1 heterocycles. The second-order valence-electron chi connectivity index (χ2n) is 4.88. The zero-order chi connectivity index (χ0) is 16.4. The average Bonchev–Trinajstić information content (AvgIpc) is 2.54. The number of halogens is 2. The van der Waals surface area contributed by atoms with E-state index in [1.54, 1.807) is 30.3 Å². The summed E-state index contributed by atoms with van der Waals surface area (Å²) in [4.78, 5) is 24.1. The number of carbonyl (C=O) groups is 1. The highest BCUT2D eigenvalue weighted by molar-refractivity contribution is 9.10. The van der Waals surface area contributed by atoms with Crippen molar-refractivity contribution in [3.8, 4) is 0 Å². The van der Waals surface area contributed by atoms with Gasteiger partial charge in [-0.1, -0.05) is 34.1 Å². The third-order valence-corrected chi connectivity index (χ3v) is 3.75. The lowest BCUT2D eigenvalue weighted by Crippen LogP contribution is -2.11. The Morgan fingerprint density at radius 2 is 1.83 bits per heavy atom. The van der Waals surface area contributed by atoms with E-state index in [1.807, 2.05) is 0 Å². The minimum atomic E-state index is -0.687. The summed E-state index contributed by atoms with van der Waals surface area (Å²) < 4.78 is 18.8. The Labute approximate surface area is 139 Å². The molecular weight excluding hydrogens is 363 g/mol. The lowest BCUT2D eigenvalue weighted by atomic mass is 10.1. The molecule has 3 nitrogen and oxygen atoms in total. The molecule has 0 radical (unpaired) electrons. The van der Waals surface area contributed by atoms with Gasteiger partial charge in [-0.15, -0.1) is 0 Å². The van der Waals surface area contributed by atoms with Crippen molar-refractivity contribution in [1.82, 2.24) is 0 Å². The van der Waals surface area contributed by atoms with Crippen molar-refractivity contribution >= 4 is 38.8 Å². The number of carbonyl (C=O) groups excluding carboxylic acids is 1. The quantitative estimate of drug-likeness (QED) is 0.383. The molecule has 0 spiro atoms. The van der Waals surface area contributed by atoms with Gasteiger partial charge in [-0.05, 0) is 48.0 Å². The summed E-state index contributed by atoms with van der Waals surface area (Å²) >= 11 is 3.33. The maximum atomic E-state index is 12.8. The van der Waals surface area contributed by atoms with Gasteiger partial charge in [0.05, 0.1) is 0 Å². The smallest absolute Gasteiger partial charge is 0.347 e. The molecule has 0 aliphatic carbocycles. The number of allylic oxidation sites excluding steroid dienone is 1. The minimum absolute atomic E-state index is 0.0473. The molecule has 3 aromatic rings. The first-order chi connectivity index (χ1) is 11.0. The van der Waals surface area contributed by atoms with E-state index >= 15 is 0 Å². The van der Waals surface area contributed by atoms with E-state index in [1.165, 1.54) is 30.4 Å². The fourth-order valence-corrected chi connectivity index (χ4v) is 2.48. The van der Waals surface area contributed by atoms with Crippen molar-refractivity contribution in [2.45, 2.75) is 0 Å². The molecule has 114 valence electrons. The Balaban J connectivity index is 1.95. The molecule has 0 atom stereocenters. The van der Waals surface area contributed by atoms with Crippen LogP contribution in [0.5, 0.6) is 0 Å². The van der Waals surface area contributed by atoms with Gasteiger partial charge in [0, 0.05) is 9.86 Å². The fourth-order valence-electron chi connectivity index (χ4n) is 2.10. The molecular formula is C18H10BrFO3. The van der Waals surface area contributed by atoms with Gasteiger partial charge in [-0.3, -0.25) is 4.79 Å². The van der Waals surface area contributed by atoms with E-state index < -0.39 is 11.4 Å². The second-order valence-corrected chi connectivity index (χ2v) is 5.79. The van der Waals surface area contributed by atoms with Crippen molar-refractivity contribution in [2.75, 3.05) is 0 Å². The van der Waals surface area contributed by atoms with E-state index in [0.717, 1.165) is 4.47 Å². The largest absolute Gasteiger partial charge is 0.422 e. The third kappa shape index (κ3) is 3.46. The minimum Gasteiger partial charge on any atom is -0.422 e. The predicted octanol–water partition coefficient (Wildman–Crippen LogP) is 4.59. The number of hydrogen-bond donors (Lipinski definition) is 0. The normalized spacial score (nSPS) is 11.2. The van der Waals surface area contributed by atoms with Crippen molar-refractivity contribution in [3.63, 3.8) is 0 Å². The van der Waals surface area contributed by atoms with Crippen molar-refractivity contribution in [3.05, 3.63) is 86.4 Å². The van der Waals surface area contributed by atoms with Gasteiger partial charge in [-0.25, -0.2) is 9.18 Å². The van der Waals surface area contributed by atoms with Gasteiger partial charge in [-0.2, -0.15) is 0 Å². The van der Waals surface area contributed by atoms with E-state index in [2.05, 4.69) is 15.9 Å². The Hall–Kier alpha value is -2.53. The zero-order valence-electron chi connectivity index (χ0n) is 11.8. The Kier molecular flexibility index (Phi) is 4.21. The number of benzene rings is 2. The van der Waals surface area contributed by atoms with Crippen LogP contribution >= 0.6 is 15.9 Å². The monoisotopic (exact) mass is 372 g/mol. The van der Waals surface area contributed by atoms with Crippen LogP contribution in [0.4, 0.5) is 4.39 Å². The molecule has 3 rings (SSSR count). The van der Waals surface area contributed by atoms with Gasteiger partial charge >= 0.3 is 5.63 Å². The molecule has 0 bridgehead atoms. The highest BCUT2D eigenvalue weighted by Gasteiger charge is 2.11. The van der Waals surface area contributed by atoms with E-state index in [9.17, 15) is 14.0 Å². The third-order valence-electron chi connectivity index (χ3n) is 3.26. The lowest BCUT2D eigenvalue weighted by molar-refractivity contribution is 0.104. The van der Waals surface area contributed by atoms with E-state index in [-0.39, 0.29) is 11.4 Å². The average molecular weight is 373 g/mol. The lowest BCUT2D eigenvalue weighted by Gasteiger charge is -2.00. The number of ketones is 1. The number of rotatable bonds is 3. The highest BCUT2D eigenvalue weighted by Crippen LogP contribution is 2.19. The summed E-state index contributed by atoms with van der Waals surface area (Å²) in [5.41, 5.74) is 0.340. The summed E-state index contributed by atoms with van der Waals surface area (Å²) in [6, 6.07) is 12.4. The Morgan fingerprint density at radius 1 is 1.09 bits per heavy atom. The zero-order valence-corrected chi connectivity index (χ0v) is 13.3. The first kappa shape index (κ1) is 15.4. The van der Waals surface area contributed by atoms with Crippen LogP contribution in [0, 0.1) is 5.82 Å². The SMILES string of the molecule is O=C(/C=C\c1ccc(F)cc1)c1cc2cc(Br)ccc2oc1=O. The standard InChI is InChI=1S/C18H10BrFO3/c19-13-4-8-17-12(9-13)10-15(18(22)23-17)16(21)7-3-11-1-5-14(20)6-2-11/h1-10H/b7-3-. The van der Waals surface area contributed by atoms with Crippen LogP contribution < -0.4 is 5.63 Å². The van der Waals surface area contributed by atoms with Crippen LogP contribution in [0.25, 0.3) is 17.0 Å². The molecule has 0 aliphatic heterocycles. The Morgan fingerprint density at radius 3 is 2.57 bits per heavy atom. The molecule has 0 fully saturated rings. The molecule has 0 N–H and O–H groups in total. The second kappa shape index (κ2) is 6.30. The van der Waals surface area contributed by atoms with Crippen LogP contribution in [0.3, 0.4) is 0 Å². The van der Waals surface area contributed by atoms with Crippen molar-refractivity contribution in [1.29, 1.82) is 0 Å². The maximum Gasteiger partial charge on any atom is 0.347 e. The summed E-state index contributed by atoms with van der Waals surface area (Å²) in [5.74, 6) is -0.820. The molecule has 0 saturated carbocycles. The first-order valence-corrected chi connectivity index (χ1v) is 7.53. The number of hydrogen-bond acceptors (Lipinski definition) is 3. The topological polar surface area (TPSA) is 47.3 Å². The fraction of sp³-hybridized carbons (Fsp3) is 0. The Bertz CT molecular complexity index is 972. The highest BCUT2D eigenvalue weighted by atomic mass is 79.9. The van der Waals surface area contributed by atoms with E-state index in [4.69, 9.17) is 4.42 Å². The van der Waals surface area contributed by atoms with Crippen molar-refractivity contribution in [2.24, 2.45) is 0 Å². The molecule has 1 aromatic heterocycles. The van der Waals surface area contributed by atoms with E-state index in [0.29, 0.717) is 16.5 Å². The molecule has 0 unspecified atom stereocenters. The van der Waals surface area contributed by atoms with Gasteiger partial charge in [0.2, 0.25) is 0 Å². The van der Waals surface area contributed by atoms with Crippen LogP contribution in [0.2, 0.25) is 0 Å². The summed E-state index contributed by atoms with van der Waals surface area (Å²) in [7, 11) is 0. The summed E-state index contributed by atoms with van der Waals surface area (Å²) in [6.07, 6.45) is 2.79. The molecule has 5 heteroatoms. The van der Waals surface area contributed by atoms with Gasteiger partial charge in [0.25, 0.3) is 0 Å². The number of fused-ring (bicyclic) bond motifs is 1. The molecule has 0 aliphatic rings. The van der Waals surface area contributed by atoms with Gasteiger partial charge < -0.3 is 4.42 Å². The van der Waals surface area contributed by atoms with Crippen molar-refractivity contribution < 1.29 is 13.6 Å². The first-order valence-electron chi connectivity index (χ1n) is 6.74. The molecule has 23 heavy (non-hydrogen) atoms. The van der Waals surface area contributed by atoms with Crippen LogP contribution in [-0.2, 0) is 0 Å². The van der Waals surface area contributed by atoms with Gasteiger partial charge in [0.1, 0.15) is 17.0 Å². The van der Waals surface area contributed by atoms with Crippen LogP contribution in [0.1, 0.15) is 15.9 Å². The maximum absolute atomic E-state index is 12.8. The predicted molar refractivity (Wildman–Crippen MR) is 89.9 cm³/mol. The molecule has 2 aromatic carbocycles. The van der Waals surface area contributed by atoms with Crippen LogP contribution in [0.15, 0.2) is 68.3 Å². The van der Waals surface area contributed by atoms with Gasteiger partial charge in [0.15, 0.2) is 5.78 Å². The molecule has 0 saturated heterocycles. The summed E-state index contributed by atoms with van der Waals surface area (Å²) in [6.45, 7) is 0.